The zero-order chi connectivity index (χ0) is 23.9. The number of carbonyl (C=O) groups is 1. The maximum Gasteiger partial charge on any atom is 0.247 e. The Labute approximate surface area is 217 Å². The number of halogens is 2. The topological polar surface area (TPSA) is 131 Å². The molecule has 4 N–H and O–H groups in total. The average Bonchev–Trinajstić information content (AvgIpc) is 3.46. The van der Waals surface area contributed by atoms with Gasteiger partial charge in [0, 0.05) is 62.4 Å². The Morgan fingerprint density at radius 1 is 1.29 bits per heavy atom. The average molecular weight is 564 g/mol. The quantitative estimate of drug-likeness (QED) is 0.317. The Bertz CT molecular complexity index is 1360. The van der Waals surface area contributed by atoms with E-state index >= 15 is 0 Å². The van der Waals surface area contributed by atoms with Crippen LogP contribution in [0.15, 0.2) is 35.1 Å². The predicted octanol–water partition coefficient (Wildman–Crippen LogP) is 1.06. The maximum atomic E-state index is 13.3. The van der Waals surface area contributed by atoms with E-state index in [4.69, 9.17) is 15.7 Å². The zero-order valence-corrected chi connectivity index (χ0v) is 21.9. The Hall–Kier alpha value is -2.64. The van der Waals surface area contributed by atoms with Gasteiger partial charge in [-0.3, -0.25) is 14.4 Å². The van der Waals surface area contributed by atoms with Crippen LogP contribution >= 0.6 is 28.3 Å². The van der Waals surface area contributed by atoms with Gasteiger partial charge < -0.3 is 16.4 Å². The second-order valence-electron chi connectivity index (χ2n) is 8.69. The molecule has 35 heavy (non-hydrogen) atoms. The van der Waals surface area contributed by atoms with Crippen LogP contribution in [0.1, 0.15) is 12.7 Å². The summed E-state index contributed by atoms with van der Waals surface area (Å²) in [7, 11) is 1.83. The number of aryl methyl sites for hydroxylation is 1. The van der Waals surface area contributed by atoms with E-state index in [1.54, 1.807) is 22.3 Å². The molecule has 0 unspecified atom stereocenters. The molecular weight excluding hydrogens is 536 g/mol. The van der Waals surface area contributed by atoms with Crippen molar-refractivity contribution in [3.63, 3.8) is 0 Å². The smallest absolute Gasteiger partial charge is 0.247 e. The highest BCUT2D eigenvalue weighted by Crippen LogP contribution is 2.29. The first-order chi connectivity index (χ1) is 16.3. The van der Waals surface area contributed by atoms with Gasteiger partial charge in [0.1, 0.15) is 0 Å². The number of nitrogens with two attached hydrogens (primary N) is 1. The highest BCUT2D eigenvalue weighted by Gasteiger charge is 2.36. The Morgan fingerprint density at radius 3 is 2.77 bits per heavy atom. The molecule has 1 atom stereocenters. The molecule has 0 spiro atoms. The molecule has 4 aromatic rings. The zero-order valence-electron chi connectivity index (χ0n) is 19.5. The fourth-order valence-electron chi connectivity index (χ4n) is 4.14. The lowest BCUT2D eigenvalue weighted by molar-refractivity contribution is -0.126. The first-order valence-electron chi connectivity index (χ1n) is 11.2. The Balaban J connectivity index is 0.00000289. The van der Waals surface area contributed by atoms with Gasteiger partial charge in [0.15, 0.2) is 22.8 Å². The monoisotopic (exact) mass is 562 g/mol. The van der Waals surface area contributed by atoms with Crippen molar-refractivity contribution in [2.24, 2.45) is 12.8 Å². The molecule has 3 aromatic heterocycles. The second-order valence-corrected chi connectivity index (χ2v) is 9.55. The molecule has 13 heteroatoms. The summed E-state index contributed by atoms with van der Waals surface area (Å²) in [5.41, 5.74) is 7.21. The van der Waals surface area contributed by atoms with Crippen molar-refractivity contribution in [3.05, 3.63) is 40.9 Å². The van der Waals surface area contributed by atoms with Crippen molar-refractivity contribution in [2.75, 3.05) is 39.3 Å². The van der Waals surface area contributed by atoms with Crippen molar-refractivity contribution >= 4 is 50.8 Å². The molecule has 1 saturated heterocycles. The van der Waals surface area contributed by atoms with Crippen LogP contribution in [-0.4, -0.2) is 79.4 Å². The van der Waals surface area contributed by atoms with E-state index in [1.165, 1.54) is 0 Å². The molecule has 5 rings (SSSR count). The molecular formula is C22H28BrClN10O. The molecule has 0 radical (unpaired) electrons. The van der Waals surface area contributed by atoms with Crippen LogP contribution < -0.4 is 16.4 Å². The number of hydrogen-bond acceptors (Lipinski definition) is 8. The van der Waals surface area contributed by atoms with Crippen LogP contribution in [0.2, 0.25) is 0 Å². The molecule has 1 amide bonds. The number of para-hydroxylation sites is 1. The van der Waals surface area contributed by atoms with E-state index in [0.29, 0.717) is 29.4 Å². The van der Waals surface area contributed by atoms with Gasteiger partial charge in [-0.15, -0.1) is 17.5 Å². The largest absolute Gasteiger partial charge is 0.353 e. The normalized spacial score (nSPS) is 16.2. The minimum absolute atomic E-state index is 0. The van der Waals surface area contributed by atoms with Gasteiger partial charge >= 0.3 is 0 Å². The molecule has 0 bridgehead atoms. The molecule has 0 saturated carbocycles. The number of nitrogens with zero attached hydrogens (tertiary/aromatic N) is 7. The summed E-state index contributed by atoms with van der Waals surface area (Å²) in [4.78, 5) is 25.1. The molecule has 1 fully saturated rings. The number of hydrogen-bond donors (Lipinski definition) is 3. The number of benzene rings is 1. The maximum absolute atomic E-state index is 13.3. The van der Waals surface area contributed by atoms with Crippen LogP contribution in [-0.2, 0) is 17.4 Å². The molecule has 1 aliphatic rings. The first-order valence-corrected chi connectivity index (χ1v) is 12.0. The Kier molecular flexibility index (Phi) is 7.38. The number of rotatable bonds is 6. The van der Waals surface area contributed by atoms with Crippen LogP contribution in [0.4, 0.5) is 0 Å². The third kappa shape index (κ3) is 4.89. The van der Waals surface area contributed by atoms with Crippen LogP contribution in [0.5, 0.6) is 0 Å². The lowest BCUT2D eigenvalue weighted by atomic mass is 10.0. The number of piperazine rings is 1. The summed E-state index contributed by atoms with van der Waals surface area (Å²) in [6.07, 6.45) is 3.54. The third-order valence-corrected chi connectivity index (χ3v) is 6.72. The molecule has 186 valence electrons. The number of nitrogens with one attached hydrogen (secondary N) is 2. The Morgan fingerprint density at radius 2 is 2.06 bits per heavy atom. The minimum Gasteiger partial charge on any atom is -0.353 e. The van der Waals surface area contributed by atoms with Gasteiger partial charge in [-0.05, 0) is 35.0 Å². The molecule has 4 heterocycles. The SMILES string of the molecule is Cl.Cn1cc(-c2nc3c4cccc(Br)c4nc([C@](C)(N)C(=O)NCCN4CCNCC4)n3n2)cn1. The van der Waals surface area contributed by atoms with E-state index < -0.39 is 5.54 Å². The number of fused-ring (bicyclic) bond motifs is 3. The molecule has 0 aliphatic carbocycles. The van der Waals surface area contributed by atoms with Crippen molar-refractivity contribution in [1.29, 1.82) is 0 Å². The van der Waals surface area contributed by atoms with E-state index in [0.717, 1.165) is 48.1 Å². The van der Waals surface area contributed by atoms with E-state index in [-0.39, 0.29) is 18.3 Å². The highest BCUT2D eigenvalue weighted by atomic mass is 79.9. The highest BCUT2D eigenvalue weighted by molar-refractivity contribution is 9.10. The predicted molar refractivity (Wildman–Crippen MR) is 139 cm³/mol. The first kappa shape index (κ1) is 25.5. The molecule has 11 nitrogen and oxygen atoms in total. The van der Waals surface area contributed by atoms with Crippen LogP contribution in [0, 0.1) is 0 Å². The van der Waals surface area contributed by atoms with E-state index in [1.807, 2.05) is 31.4 Å². The number of carbonyl (C=O) groups excluding carboxylic acids is 1. The number of aromatic nitrogens is 6. The fourth-order valence-corrected chi connectivity index (χ4v) is 4.59. The summed E-state index contributed by atoms with van der Waals surface area (Å²) in [6.45, 7) is 6.78. The van der Waals surface area contributed by atoms with E-state index in [2.05, 4.69) is 41.7 Å². The lowest BCUT2D eigenvalue weighted by Gasteiger charge is -2.28. The van der Waals surface area contributed by atoms with Gasteiger partial charge in [0.05, 0.1) is 17.3 Å². The van der Waals surface area contributed by atoms with Gasteiger partial charge in [-0.1, -0.05) is 6.07 Å². The summed E-state index contributed by atoms with van der Waals surface area (Å²) in [6, 6.07) is 5.74. The van der Waals surface area contributed by atoms with Crippen molar-refractivity contribution in [2.45, 2.75) is 12.5 Å². The minimum atomic E-state index is -1.44. The van der Waals surface area contributed by atoms with Crippen LogP contribution in [0.25, 0.3) is 27.9 Å². The summed E-state index contributed by atoms with van der Waals surface area (Å²) in [5.74, 6) is 0.476. The summed E-state index contributed by atoms with van der Waals surface area (Å²) >= 11 is 3.58. The van der Waals surface area contributed by atoms with E-state index in [9.17, 15) is 4.79 Å². The van der Waals surface area contributed by atoms with Gasteiger partial charge in [0.2, 0.25) is 5.91 Å². The van der Waals surface area contributed by atoms with Crippen molar-refractivity contribution in [1.82, 2.24) is 44.9 Å². The van der Waals surface area contributed by atoms with Gasteiger partial charge in [0.25, 0.3) is 0 Å². The summed E-state index contributed by atoms with van der Waals surface area (Å²) < 4.78 is 4.05. The van der Waals surface area contributed by atoms with Gasteiger partial charge in [-0.2, -0.15) is 9.61 Å². The molecule has 1 aliphatic heterocycles. The number of amides is 1. The summed E-state index contributed by atoms with van der Waals surface area (Å²) in [5, 5.41) is 16.0. The van der Waals surface area contributed by atoms with Crippen molar-refractivity contribution < 1.29 is 4.79 Å². The lowest BCUT2D eigenvalue weighted by Crippen LogP contribution is -2.53. The van der Waals surface area contributed by atoms with Crippen molar-refractivity contribution in [3.8, 4) is 11.4 Å². The van der Waals surface area contributed by atoms with Crippen LogP contribution in [0.3, 0.4) is 0 Å². The van der Waals surface area contributed by atoms with Gasteiger partial charge in [-0.25, -0.2) is 9.97 Å². The molecule has 1 aromatic carbocycles. The standard InChI is InChI=1S/C22H27BrN10O.ClH/c1-22(24,21(34)26-8-11-32-9-6-25-7-10-32)20-28-17-15(4-3-5-16(17)23)19-29-18(30-33(19)20)14-12-27-31(2)13-14;/h3-5,12-13,25H,6-11,24H2,1-2H3,(H,26,34);1H/t22-;/m0./s1. The third-order valence-electron chi connectivity index (χ3n) is 6.08. The fraction of sp³-hybridized carbons (Fsp3) is 0.409. The second kappa shape index (κ2) is 10.2.